The van der Waals surface area contributed by atoms with E-state index in [0.717, 1.165) is 16.8 Å². The van der Waals surface area contributed by atoms with Crippen LogP contribution in [0.1, 0.15) is 24.6 Å². The molecule has 1 aliphatic rings. The molecule has 0 bridgehead atoms. The zero-order valence-corrected chi connectivity index (χ0v) is 15.2. The van der Waals surface area contributed by atoms with Crippen LogP contribution in [0.3, 0.4) is 0 Å². The van der Waals surface area contributed by atoms with Crippen LogP contribution in [-0.4, -0.2) is 26.9 Å². The van der Waals surface area contributed by atoms with Crippen molar-refractivity contribution in [1.82, 2.24) is 14.9 Å². The highest BCUT2D eigenvalue weighted by Gasteiger charge is 2.30. The fourth-order valence-corrected chi connectivity index (χ4v) is 3.21. The fraction of sp³-hybridized carbons (Fsp3) is 0.227. The smallest absolute Gasteiger partial charge is 0.264 e. The molecule has 136 valence electrons. The molecule has 27 heavy (non-hydrogen) atoms. The van der Waals surface area contributed by atoms with Gasteiger partial charge in [-0.1, -0.05) is 55.5 Å². The minimum Gasteiger partial charge on any atom is -0.481 e. The maximum atomic E-state index is 13.0. The second kappa shape index (κ2) is 7.58. The lowest BCUT2D eigenvalue weighted by atomic mass is 10.2. The Balaban J connectivity index is 1.49. The fourth-order valence-electron chi connectivity index (χ4n) is 3.21. The number of hydrogen-bond donors (Lipinski definition) is 0. The molecule has 2 heterocycles. The van der Waals surface area contributed by atoms with Crippen molar-refractivity contribution in [2.45, 2.75) is 32.5 Å². The van der Waals surface area contributed by atoms with Gasteiger partial charge < -0.3 is 9.64 Å². The third-order valence-electron chi connectivity index (χ3n) is 4.67. The molecule has 5 nitrogen and oxygen atoms in total. The van der Waals surface area contributed by atoms with Gasteiger partial charge in [0.15, 0.2) is 11.9 Å². The molecule has 2 aromatic carbocycles. The lowest BCUT2D eigenvalue weighted by Gasteiger charge is -2.23. The van der Waals surface area contributed by atoms with E-state index in [2.05, 4.69) is 9.97 Å². The summed E-state index contributed by atoms with van der Waals surface area (Å²) in [5.41, 5.74) is 2.88. The quantitative estimate of drug-likeness (QED) is 0.694. The summed E-state index contributed by atoms with van der Waals surface area (Å²) in [6, 6.07) is 19.3. The molecule has 0 unspecified atom stereocenters. The van der Waals surface area contributed by atoms with Crippen molar-refractivity contribution >= 4 is 5.91 Å². The minimum atomic E-state index is -0.497. The summed E-state index contributed by atoms with van der Waals surface area (Å²) in [7, 11) is 0. The molecule has 1 aliphatic heterocycles. The Morgan fingerprint density at radius 1 is 1.07 bits per heavy atom. The van der Waals surface area contributed by atoms with Crippen LogP contribution in [0.5, 0.6) is 5.75 Å². The largest absolute Gasteiger partial charge is 0.481 e. The molecular weight excluding hydrogens is 338 g/mol. The third kappa shape index (κ3) is 3.67. The zero-order valence-electron chi connectivity index (χ0n) is 15.2. The summed E-state index contributed by atoms with van der Waals surface area (Å²) in [6.45, 7) is 2.98. The van der Waals surface area contributed by atoms with Crippen molar-refractivity contribution in [3.05, 3.63) is 78.1 Å². The Bertz CT molecular complexity index is 929. The van der Waals surface area contributed by atoms with Gasteiger partial charge in [-0.05, 0) is 18.6 Å². The van der Waals surface area contributed by atoms with Crippen LogP contribution in [0.25, 0.3) is 11.4 Å². The Kier molecular flexibility index (Phi) is 4.83. The summed E-state index contributed by atoms with van der Waals surface area (Å²) >= 11 is 0. The lowest BCUT2D eigenvalue weighted by Crippen LogP contribution is -2.38. The van der Waals surface area contributed by atoms with Gasteiger partial charge in [0.25, 0.3) is 5.91 Å². The monoisotopic (exact) mass is 359 g/mol. The van der Waals surface area contributed by atoms with Crippen molar-refractivity contribution in [2.24, 2.45) is 0 Å². The number of nitrogens with zero attached hydrogens (tertiary/aromatic N) is 3. The molecule has 1 aromatic heterocycles. The van der Waals surface area contributed by atoms with Gasteiger partial charge in [-0.15, -0.1) is 0 Å². The molecule has 0 saturated carbocycles. The molecule has 5 heteroatoms. The van der Waals surface area contributed by atoms with E-state index in [1.807, 2.05) is 73.8 Å². The van der Waals surface area contributed by atoms with Crippen molar-refractivity contribution in [3.8, 4) is 17.1 Å². The first-order valence-electron chi connectivity index (χ1n) is 9.15. The van der Waals surface area contributed by atoms with E-state index in [1.54, 1.807) is 4.90 Å². The number of amides is 1. The molecule has 0 fully saturated rings. The Morgan fingerprint density at radius 3 is 2.48 bits per heavy atom. The van der Waals surface area contributed by atoms with Crippen LogP contribution in [0.15, 0.2) is 66.9 Å². The first kappa shape index (κ1) is 17.2. The summed E-state index contributed by atoms with van der Waals surface area (Å²) in [4.78, 5) is 23.9. The van der Waals surface area contributed by atoms with Crippen molar-refractivity contribution in [3.63, 3.8) is 0 Å². The van der Waals surface area contributed by atoms with E-state index in [1.165, 1.54) is 0 Å². The van der Waals surface area contributed by atoms with Crippen LogP contribution in [0.4, 0.5) is 0 Å². The van der Waals surface area contributed by atoms with Gasteiger partial charge in [-0.2, -0.15) is 0 Å². The molecule has 1 atom stereocenters. The number of ether oxygens (including phenoxy) is 1. The predicted molar refractivity (Wildman–Crippen MR) is 103 cm³/mol. The summed E-state index contributed by atoms with van der Waals surface area (Å²) in [6.07, 6.45) is 1.95. The first-order chi connectivity index (χ1) is 13.2. The number of carbonyl (C=O) groups is 1. The minimum absolute atomic E-state index is 0.0133. The zero-order chi connectivity index (χ0) is 18.6. The van der Waals surface area contributed by atoms with Crippen LogP contribution in [0, 0.1) is 0 Å². The predicted octanol–water partition coefficient (Wildman–Crippen LogP) is 3.84. The normalized spacial score (nSPS) is 13.9. The Labute approximate surface area is 158 Å². The molecule has 0 saturated heterocycles. The Hall–Kier alpha value is -3.21. The Morgan fingerprint density at radius 2 is 1.78 bits per heavy atom. The molecule has 0 aliphatic carbocycles. The van der Waals surface area contributed by atoms with Gasteiger partial charge in [0.2, 0.25) is 0 Å². The topological polar surface area (TPSA) is 55.3 Å². The highest BCUT2D eigenvalue weighted by Crippen LogP contribution is 2.25. The van der Waals surface area contributed by atoms with Crippen LogP contribution < -0.4 is 4.74 Å². The highest BCUT2D eigenvalue weighted by atomic mass is 16.5. The SMILES string of the molecule is CC[C@@H](Oc1ccccc1)C(=O)N1Cc2cnc(-c3ccccc3)nc2C1. The van der Waals surface area contributed by atoms with E-state index >= 15 is 0 Å². The first-order valence-corrected chi connectivity index (χ1v) is 9.15. The van der Waals surface area contributed by atoms with Crippen LogP contribution in [-0.2, 0) is 17.9 Å². The lowest BCUT2D eigenvalue weighted by molar-refractivity contribution is -0.139. The summed E-state index contributed by atoms with van der Waals surface area (Å²) in [5, 5.41) is 0. The average Bonchev–Trinajstić information content (AvgIpc) is 3.16. The highest BCUT2D eigenvalue weighted by molar-refractivity contribution is 5.81. The molecule has 0 N–H and O–H groups in total. The molecular formula is C22H21N3O2. The summed E-state index contributed by atoms with van der Waals surface area (Å²) in [5.74, 6) is 1.39. The maximum Gasteiger partial charge on any atom is 0.264 e. The van der Waals surface area contributed by atoms with Gasteiger partial charge in [0.1, 0.15) is 5.75 Å². The number of benzene rings is 2. The molecule has 0 radical (unpaired) electrons. The van der Waals surface area contributed by atoms with E-state index in [-0.39, 0.29) is 5.91 Å². The van der Waals surface area contributed by atoms with Gasteiger partial charge in [-0.25, -0.2) is 9.97 Å². The standard InChI is InChI=1S/C22H21N3O2/c1-2-20(27-18-11-7-4-8-12-18)22(26)25-14-17-13-23-21(24-19(17)15-25)16-9-5-3-6-10-16/h3-13,20H,2,14-15H2,1H3/t20-/m1/s1. The summed E-state index contributed by atoms with van der Waals surface area (Å²) < 4.78 is 5.90. The van der Waals surface area contributed by atoms with Crippen molar-refractivity contribution < 1.29 is 9.53 Å². The van der Waals surface area contributed by atoms with Crippen LogP contribution in [0.2, 0.25) is 0 Å². The van der Waals surface area contributed by atoms with Gasteiger partial charge in [0.05, 0.1) is 12.2 Å². The maximum absolute atomic E-state index is 13.0. The molecule has 4 rings (SSSR count). The van der Waals surface area contributed by atoms with Gasteiger partial charge in [0, 0.05) is 23.9 Å². The number of carbonyl (C=O) groups excluding carboxylic acids is 1. The van der Waals surface area contributed by atoms with E-state index < -0.39 is 6.10 Å². The van der Waals surface area contributed by atoms with Crippen LogP contribution >= 0.6 is 0 Å². The van der Waals surface area contributed by atoms with Crippen molar-refractivity contribution in [2.75, 3.05) is 0 Å². The molecule has 0 spiro atoms. The van der Waals surface area contributed by atoms with E-state index in [0.29, 0.717) is 31.1 Å². The number of rotatable bonds is 5. The number of fused-ring (bicyclic) bond motifs is 1. The number of aromatic nitrogens is 2. The molecule has 1 amide bonds. The second-order valence-electron chi connectivity index (χ2n) is 6.55. The van der Waals surface area contributed by atoms with E-state index in [4.69, 9.17) is 4.74 Å². The number of para-hydroxylation sites is 1. The number of hydrogen-bond acceptors (Lipinski definition) is 4. The van der Waals surface area contributed by atoms with Gasteiger partial charge >= 0.3 is 0 Å². The van der Waals surface area contributed by atoms with Crippen molar-refractivity contribution in [1.29, 1.82) is 0 Å². The van der Waals surface area contributed by atoms with E-state index in [9.17, 15) is 4.79 Å². The average molecular weight is 359 g/mol. The van der Waals surface area contributed by atoms with Gasteiger partial charge in [-0.3, -0.25) is 4.79 Å². The molecule has 3 aromatic rings. The second-order valence-corrected chi connectivity index (χ2v) is 6.55. The third-order valence-corrected chi connectivity index (χ3v) is 4.67.